The number of aromatic nitrogens is 1. The van der Waals surface area contributed by atoms with Gasteiger partial charge in [0.05, 0.1) is 18.4 Å². The minimum Gasteiger partial charge on any atom is -0.481 e. The Hall–Kier alpha value is -2.93. The molecule has 5 rings (SSSR count). The SMILES string of the molecule is O=C(O)CC(NC(=O)[C@@H]1CCCN(CCCc2ccc3c(n2)NCCC3)C1)c1ccc2c(c1)CCC2. The number of amides is 1. The van der Waals surface area contributed by atoms with Crippen LogP contribution in [0, 0.1) is 5.92 Å². The van der Waals surface area contributed by atoms with Crippen LogP contribution in [0.4, 0.5) is 5.82 Å². The number of hydrogen-bond acceptors (Lipinski definition) is 5. The highest BCUT2D eigenvalue weighted by molar-refractivity contribution is 5.80. The number of hydrogen-bond donors (Lipinski definition) is 3. The Morgan fingerprint density at radius 1 is 1.08 bits per heavy atom. The Morgan fingerprint density at radius 2 is 1.92 bits per heavy atom. The Bertz CT molecular complexity index is 1100. The molecule has 7 nitrogen and oxygen atoms in total. The lowest BCUT2D eigenvalue weighted by atomic mass is 9.94. The van der Waals surface area contributed by atoms with Crippen LogP contribution in [-0.2, 0) is 35.3 Å². The molecule has 1 fully saturated rings. The molecule has 3 aliphatic rings. The van der Waals surface area contributed by atoms with Crippen molar-refractivity contribution in [3.8, 4) is 0 Å². The number of carbonyl (C=O) groups excluding carboxylic acids is 1. The van der Waals surface area contributed by atoms with E-state index in [-0.39, 0.29) is 18.2 Å². The molecular weight excluding hydrogens is 452 g/mol. The number of nitrogens with zero attached hydrogens (tertiary/aromatic N) is 2. The number of nitrogens with one attached hydrogen (secondary N) is 2. The van der Waals surface area contributed by atoms with Crippen LogP contribution in [0.1, 0.15) is 72.5 Å². The highest BCUT2D eigenvalue weighted by Crippen LogP contribution is 2.28. The molecule has 0 saturated carbocycles. The Balaban J connectivity index is 1.14. The van der Waals surface area contributed by atoms with Crippen molar-refractivity contribution in [3.63, 3.8) is 0 Å². The largest absolute Gasteiger partial charge is 0.481 e. The van der Waals surface area contributed by atoms with Crippen molar-refractivity contribution in [2.24, 2.45) is 5.92 Å². The standard InChI is InChI=1S/C29H38N4O3/c34-27(35)18-26(23-11-10-20-5-1-6-22(20)17-23)32-29(36)24-8-3-15-33(19-24)16-4-9-25-13-12-21-7-2-14-30-28(21)31-25/h10-13,17,24,26H,1-9,14-16,18-19H2,(H,30,31)(H,32,36)(H,34,35)/t24-,26?/m1/s1. The van der Waals surface area contributed by atoms with Crippen LogP contribution in [0.3, 0.4) is 0 Å². The molecule has 3 heterocycles. The van der Waals surface area contributed by atoms with E-state index in [1.165, 1.54) is 23.1 Å². The molecule has 1 amide bonds. The van der Waals surface area contributed by atoms with Crippen LogP contribution >= 0.6 is 0 Å². The summed E-state index contributed by atoms with van der Waals surface area (Å²) in [5.41, 5.74) is 6.00. The number of carbonyl (C=O) groups is 2. The Labute approximate surface area is 213 Å². The fraction of sp³-hybridized carbons (Fsp3) is 0.552. The van der Waals surface area contributed by atoms with Crippen LogP contribution < -0.4 is 10.6 Å². The zero-order chi connectivity index (χ0) is 24.9. The molecule has 36 heavy (non-hydrogen) atoms. The zero-order valence-electron chi connectivity index (χ0n) is 21.1. The summed E-state index contributed by atoms with van der Waals surface area (Å²) in [7, 11) is 0. The normalized spacial score (nSPS) is 20.2. The lowest BCUT2D eigenvalue weighted by Gasteiger charge is -2.33. The summed E-state index contributed by atoms with van der Waals surface area (Å²) in [4.78, 5) is 32.0. The molecule has 7 heteroatoms. The molecule has 0 radical (unpaired) electrons. The average molecular weight is 491 g/mol. The van der Waals surface area contributed by atoms with E-state index < -0.39 is 12.0 Å². The average Bonchev–Trinajstić information content (AvgIpc) is 3.36. The summed E-state index contributed by atoms with van der Waals surface area (Å²) in [6, 6.07) is 10.1. The molecule has 1 aliphatic carbocycles. The van der Waals surface area contributed by atoms with E-state index in [0.29, 0.717) is 0 Å². The minimum atomic E-state index is -0.892. The topological polar surface area (TPSA) is 94.6 Å². The van der Waals surface area contributed by atoms with Gasteiger partial charge in [-0.2, -0.15) is 0 Å². The van der Waals surface area contributed by atoms with Gasteiger partial charge in [-0.3, -0.25) is 9.59 Å². The lowest BCUT2D eigenvalue weighted by Crippen LogP contribution is -2.44. The smallest absolute Gasteiger partial charge is 0.305 e. The van der Waals surface area contributed by atoms with Gasteiger partial charge in [0.2, 0.25) is 5.91 Å². The molecule has 0 bridgehead atoms. The molecule has 1 aromatic carbocycles. The maximum absolute atomic E-state index is 13.2. The molecule has 2 aliphatic heterocycles. The second kappa shape index (κ2) is 11.4. The highest BCUT2D eigenvalue weighted by Gasteiger charge is 2.28. The molecule has 1 aromatic heterocycles. The first-order valence-electron chi connectivity index (χ1n) is 13.6. The van der Waals surface area contributed by atoms with Gasteiger partial charge in [0, 0.05) is 18.8 Å². The van der Waals surface area contributed by atoms with Crippen LogP contribution in [-0.4, -0.2) is 53.0 Å². The molecule has 1 unspecified atom stereocenters. The van der Waals surface area contributed by atoms with E-state index in [0.717, 1.165) is 94.6 Å². The third-order valence-electron chi connectivity index (χ3n) is 7.96. The summed E-state index contributed by atoms with van der Waals surface area (Å²) in [5.74, 6) is 0.0363. The number of carboxylic acids is 1. The molecule has 3 N–H and O–H groups in total. The third kappa shape index (κ3) is 6.06. The van der Waals surface area contributed by atoms with Gasteiger partial charge in [-0.25, -0.2) is 4.98 Å². The predicted molar refractivity (Wildman–Crippen MR) is 140 cm³/mol. The van der Waals surface area contributed by atoms with Crippen molar-refractivity contribution >= 4 is 17.7 Å². The highest BCUT2D eigenvalue weighted by atomic mass is 16.4. The molecular formula is C29H38N4O3. The van der Waals surface area contributed by atoms with E-state index in [2.05, 4.69) is 39.8 Å². The number of carboxylic acid groups (broad SMARTS) is 1. The first-order valence-corrected chi connectivity index (χ1v) is 13.6. The van der Waals surface area contributed by atoms with Gasteiger partial charge >= 0.3 is 5.97 Å². The lowest BCUT2D eigenvalue weighted by molar-refractivity contribution is -0.138. The van der Waals surface area contributed by atoms with Gasteiger partial charge in [-0.05, 0) is 99.2 Å². The zero-order valence-corrected chi connectivity index (χ0v) is 21.1. The van der Waals surface area contributed by atoms with Crippen LogP contribution in [0.15, 0.2) is 30.3 Å². The predicted octanol–water partition coefficient (Wildman–Crippen LogP) is 3.91. The monoisotopic (exact) mass is 490 g/mol. The third-order valence-corrected chi connectivity index (χ3v) is 7.96. The van der Waals surface area contributed by atoms with Crippen molar-refractivity contribution < 1.29 is 14.7 Å². The first kappa shape index (κ1) is 24.8. The van der Waals surface area contributed by atoms with Gasteiger partial charge in [0.1, 0.15) is 5.82 Å². The number of rotatable bonds is 9. The quantitative estimate of drug-likeness (QED) is 0.494. The van der Waals surface area contributed by atoms with Crippen molar-refractivity contribution in [1.29, 1.82) is 0 Å². The maximum atomic E-state index is 13.2. The van der Waals surface area contributed by atoms with Gasteiger partial charge in [0.25, 0.3) is 0 Å². The maximum Gasteiger partial charge on any atom is 0.305 e. The minimum absolute atomic E-state index is 0.0196. The Morgan fingerprint density at radius 3 is 2.81 bits per heavy atom. The van der Waals surface area contributed by atoms with E-state index in [9.17, 15) is 14.7 Å². The molecule has 192 valence electrons. The van der Waals surface area contributed by atoms with Gasteiger partial charge in [-0.1, -0.05) is 24.3 Å². The number of aliphatic carboxylic acids is 1. The van der Waals surface area contributed by atoms with Gasteiger partial charge < -0.3 is 20.6 Å². The number of anilines is 1. The van der Waals surface area contributed by atoms with Crippen molar-refractivity contribution in [2.45, 2.75) is 70.3 Å². The molecule has 2 atom stereocenters. The van der Waals surface area contributed by atoms with Gasteiger partial charge in [0.15, 0.2) is 0 Å². The number of pyridine rings is 1. The number of likely N-dealkylation sites (tertiary alicyclic amines) is 1. The second-order valence-corrected chi connectivity index (χ2v) is 10.6. The van der Waals surface area contributed by atoms with E-state index in [4.69, 9.17) is 4.98 Å². The summed E-state index contributed by atoms with van der Waals surface area (Å²) in [6.45, 7) is 3.68. The summed E-state index contributed by atoms with van der Waals surface area (Å²) in [6.07, 6.45) is 9.23. The van der Waals surface area contributed by atoms with E-state index in [1.54, 1.807) is 0 Å². The van der Waals surface area contributed by atoms with Crippen molar-refractivity contribution in [3.05, 3.63) is 58.3 Å². The van der Waals surface area contributed by atoms with Gasteiger partial charge in [-0.15, -0.1) is 0 Å². The number of benzene rings is 1. The molecule has 0 spiro atoms. The fourth-order valence-electron chi connectivity index (χ4n) is 5.99. The van der Waals surface area contributed by atoms with Crippen molar-refractivity contribution in [2.75, 3.05) is 31.5 Å². The number of aryl methyl sites for hydroxylation is 4. The van der Waals surface area contributed by atoms with E-state index >= 15 is 0 Å². The van der Waals surface area contributed by atoms with Crippen LogP contribution in [0.25, 0.3) is 0 Å². The first-order chi connectivity index (χ1) is 17.5. The summed E-state index contributed by atoms with van der Waals surface area (Å²) in [5, 5.41) is 16.0. The fourth-order valence-corrected chi connectivity index (χ4v) is 5.99. The number of piperidine rings is 1. The van der Waals surface area contributed by atoms with Crippen LogP contribution in [0.2, 0.25) is 0 Å². The van der Waals surface area contributed by atoms with Crippen LogP contribution in [0.5, 0.6) is 0 Å². The number of fused-ring (bicyclic) bond motifs is 2. The summed E-state index contributed by atoms with van der Waals surface area (Å²) < 4.78 is 0. The molecule has 1 saturated heterocycles. The summed E-state index contributed by atoms with van der Waals surface area (Å²) >= 11 is 0. The van der Waals surface area contributed by atoms with Crippen molar-refractivity contribution in [1.82, 2.24) is 15.2 Å². The van der Waals surface area contributed by atoms with E-state index in [1.807, 2.05) is 6.07 Å². The molecule has 2 aromatic rings. The second-order valence-electron chi connectivity index (χ2n) is 10.6. The Kier molecular flexibility index (Phi) is 7.85.